The van der Waals surface area contributed by atoms with E-state index in [-0.39, 0.29) is 0 Å². The Kier molecular flexibility index (Phi) is 63.8. The standard InChI is InChI=1S/3C4H10S.C4H9.Sn/c3*1-2-3-4-5;1-3-4-2;/h3*5H,2-4H2,1H3;1,3-4H2,2H3;/q;;;;+3/p-3. The molecule has 0 bridgehead atoms. The molecule has 0 aromatic carbocycles. The van der Waals surface area contributed by atoms with Crippen molar-refractivity contribution < 1.29 is 0 Å². The normalized spacial score (nSPS) is 8.45. The van der Waals surface area contributed by atoms with Crippen molar-refractivity contribution in [1.29, 1.82) is 0 Å². The molecule has 0 aromatic heterocycles. The molecule has 0 saturated carbocycles. The fraction of sp³-hybridized carbons (Fsp3) is 1.00. The van der Waals surface area contributed by atoms with Gasteiger partial charge >= 0.3 is 46.7 Å². The Morgan fingerprint density at radius 2 is 0.800 bits per heavy atom. The second kappa shape index (κ2) is 42.8. The van der Waals surface area contributed by atoms with Gasteiger partial charge in [0.15, 0.2) is 0 Å². The quantitative estimate of drug-likeness (QED) is 0.366. The Hall–Kier alpha value is 1.85. The van der Waals surface area contributed by atoms with Crippen LogP contribution in [0.15, 0.2) is 0 Å². The van der Waals surface area contributed by atoms with Gasteiger partial charge in [-0.2, -0.15) is 17.3 Å². The molecule has 0 fully saturated rings. The molecule has 0 amide bonds. The molecule has 0 nitrogen and oxygen atoms in total. The first-order valence-corrected chi connectivity index (χ1v) is 11.8. The summed E-state index contributed by atoms with van der Waals surface area (Å²) >= 11 is 15.6. The Labute approximate surface area is 160 Å². The van der Waals surface area contributed by atoms with Gasteiger partial charge in [-0.1, -0.05) is 59.3 Å². The van der Waals surface area contributed by atoms with Crippen molar-refractivity contribution in [2.24, 2.45) is 0 Å². The van der Waals surface area contributed by atoms with Crippen LogP contribution in [0.25, 0.3) is 0 Å². The molecular weight excluding hydrogens is 407 g/mol. The molecule has 4 heteroatoms. The summed E-state index contributed by atoms with van der Waals surface area (Å²) in [5.41, 5.74) is 0. The zero-order chi connectivity index (χ0) is 16.5. The average molecular weight is 443 g/mol. The predicted molar refractivity (Wildman–Crippen MR) is 107 cm³/mol. The molecule has 0 atom stereocenters. The number of hydrogen-bond acceptors (Lipinski definition) is 3. The van der Waals surface area contributed by atoms with E-state index >= 15 is 0 Å². The molecule has 0 rings (SSSR count). The molecule has 0 spiro atoms. The van der Waals surface area contributed by atoms with Crippen molar-refractivity contribution in [2.45, 2.75) is 83.5 Å². The predicted octanol–water partition coefficient (Wildman–Crippen LogP) is 5.37. The van der Waals surface area contributed by atoms with Gasteiger partial charge in [0, 0.05) is 0 Å². The van der Waals surface area contributed by atoms with E-state index in [1.165, 1.54) is 55.8 Å². The van der Waals surface area contributed by atoms with Crippen molar-refractivity contribution in [3.05, 3.63) is 0 Å². The summed E-state index contributed by atoms with van der Waals surface area (Å²) in [4.78, 5) is 0. The summed E-state index contributed by atoms with van der Waals surface area (Å²) in [5, 5.41) is 0. The van der Waals surface area contributed by atoms with Crippen LogP contribution in [0.4, 0.5) is 0 Å². The minimum absolute atomic E-state index is 0.927. The van der Waals surface area contributed by atoms with Crippen LogP contribution in [0, 0.1) is 0 Å². The van der Waals surface area contributed by atoms with Gasteiger partial charge in [-0.15, -0.1) is 0 Å². The summed E-state index contributed by atoms with van der Waals surface area (Å²) in [7, 11) is 0. The van der Waals surface area contributed by atoms with Gasteiger partial charge in [-0.05, 0) is 0 Å². The SMILES string of the molecule is CCCC[S-].CCCC[S-].CCCC[S-].CCC[CH2][Sn+3]. The van der Waals surface area contributed by atoms with Crippen LogP contribution in [0.3, 0.4) is 0 Å². The van der Waals surface area contributed by atoms with Gasteiger partial charge in [-0.25, -0.2) is 0 Å². The van der Waals surface area contributed by atoms with Gasteiger partial charge in [0.2, 0.25) is 0 Å². The van der Waals surface area contributed by atoms with Crippen molar-refractivity contribution >= 4 is 60.4 Å². The van der Waals surface area contributed by atoms with E-state index < -0.39 is 0 Å². The number of hydrogen-bond donors (Lipinski definition) is 0. The van der Waals surface area contributed by atoms with Crippen LogP contribution >= 0.6 is 0 Å². The Morgan fingerprint density at radius 3 is 0.800 bits per heavy atom. The van der Waals surface area contributed by atoms with Crippen LogP contribution in [0.1, 0.15) is 79.1 Å². The van der Waals surface area contributed by atoms with E-state index in [0.29, 0.717) is 0 Å². The molecular formula is C16H36S3Sn. The first kappa shape index (κ1) is 29.8. The molecule has 0 aliphatic heterocycles. The Bertz CT molecular complexity index is 71.7. The third kappa shape index (κ3) is 72.7. The molecule has 0 saturated heterocycles. The number of rotatable bonds is 8. The van der Waals surface area contributed by atoms with E-state index in [4.69, 9.17) is 0 Å². The van der Waals surface area contributed by atoms with Gasteiger partial charge < -0.3 is 37.9 Å². The molecule has 0 aliphatic carbocycles. The van der Waals surface area contributed by atoms with E-state index in [1.807, 2.05) is 0 Å². The first-order valence-electron chi connectivity index (χ1n) is 8.05. The van der Waals surface area contributed by atoms with E-state index in [9.17, 15) is 0 Å². The molecule has 20 heavy (non-hydrogen) atoms. The van der Waals surface area contributed by atoms with Crippen LogP contribution < -0.4 is 0 Å². The van der Waals surface area contributed by atoms with Gasteiger partial charge in [0.25, 0.3) is 0 Å². The van der Waals surface area contributed by atoms with Crippen LogP contribution in [-0.4, -0.2) is 39.8 Å². The van der Waals surface area contributed by atoms with Crippen LogP contribution in [0.5, 0.6) is 0 Å². The van der Waals surface area contributed by atoms with Crippen molar-refractivity contribution in [2.75, 3.05) is 17.3 Å². The zero-order valence-corrected chi connectivity index (χ0v) is 19.5. The topological polar surface area (TPSA) is 0 Å². The first-order chi connectivity index (χ1) is 9.66. The van der Waals surface area contributed by atoms with Gasteiger partial charge in [0.1, 0.15) is 0 Å². The summed E-state index contributed by atoms with van der Waals surface area (Å²) < 4.78 is 1.43. The van der Waals surface area contributed by atoms with Crippen molar-refractivity contribution in [1.82, 2.24) is 0 Å². The summed E-state index contributed by atoms with van der Waals surface area (Å²) in [6, 6.07) is 0. The second-order valence-corrected chi connectivity index (χ2v) is 6.93. The average Bonchev–Trinajstić information content (AvgIpc) is 2.44. The van der Waals surface area contributed by atoms with E-state index in [1.54, 1.807) is 22.5 Å². The molecule has 0 unspecified atom stereocenters. The third-order valence-electron chi connectivity index (χ3n) is 2.02. The zero-order valence-electron chi connectivity index (χ0n) is 14.2. The van der Waals surface area contributed by atoms with E-state index in [2.05, 4.69) is 65.6 Å². The van der Waals surface area contributed by atoms with Crippen LogP contribution in [-0.2, 0) is 37.9 Å². The molecule has 0 N–H and O–H groups in total. The maximum absolute atomic E-state index is 4.65. The Balaban J connectivity index is -0.0000000853. The Morgan fingerprint density at radius 1 is 0.550 bits per heavy atom. The van der Waals surface area contributed by atoms with Gasteiger partial charge in [0.05, 0.1) is 0 Å². The molecule has 122 valence electrons. The summed E-state index contributed by atoms with van der Waals surface area (Å²) in [5.74, 6) is 2.78. The molecule has 0 aliphatic rings. The fourth-order valence-electron chi connectivity index (χ4n) is 0.610. The third-order valence-corrected chi connectivity index (χ3v) is 3.90. The minimum atomic E-state index is 0.927. The van der Waals surface area contributed by atoms with Gasteiger partial charge in [-0.3, -0.25) is 0 Å². The van der Waals surface area contributed by atoms with Crippen molar-refractivity contribution in [3.8, 4) is 0 Å². The monoisotopic (exact) mass is 444 g/mol. The maximum atomic E-state index is 4.65. The summed E-state index contributed by atoms with van der Waals surface area (Å²) in [6.07, 6.45) is 10.1. The summed E-state index contributed by atoms with van der Waals surface area (Å²) in [6.45, 7) is 8.66. The van der Waals surface area contributed by atoms with E-state index in [0.717, 1.165) is 17.3 Å². The fourth-order valence-corrected chi connectivity index (χ4v) is 2.48. The molecule has 0 radical (unpaired) electrons. The van der Waals surface area contributed by atoms with Crippen molar-refractivity contribution in [3.63, 3.8) is 0 Å². The molecule has 0 aromatic rings. The second-order valence-electron chi connectivity index (χ2n) is 4.28. The number of unbranched alkanes of at least 4 members (excludes halogenated alkanes) is 4. The van der Waals surface area contributed by atoms with Crippen LogP contribution in [0.2, 0.25) is 4.44 Å². The molecule has 0 heterocycles.